The molecule has 1 aromatic rings. The van der Waals surface area contributed by atoms with E-state index in [0.29, 0.717) is 5.88 Å². The maximum absolute atomic E-state index is 10.9. The Morgan fingerprint density at radius 1 is 1.47 bits per heavy atom. The van der Waals surface area contributed by atoms with E-state index in [-0.39, 0.29) is 0 Å². The van der Waals surface area contributed by atoms with Crippen molar-refractivity contribution in [1.29, 1.82) is 0 Å². The van der Waals surface area contributed by atoms with E-state index < -0.39 is 11.0 Å². The second-order valence-electron chi connectivity index (χ2n) is 2.55. The zero-order valence-corrected chi connectivity index (χ0v) is 10.6. The quantitative estimate of drug-likeness (QED) is 0.865. The van der Waals surface area contributed by atoms with Crippen LogP contribution in [-0.2, 0) is 11.0 Å². The Labute approximate surface area is 93.7 Å². The van der Waals surface area contributed by atoms with Crippen molar-refractivity contribution in [1.82, 2.24) is 4.98 Å². The minimum Gasteiger partial charge on any atom is -0.481 e. The van der Waals surface area contributed by atoms with E-state index >= 15 is 0 Å². The fourth-order valence-electron chi connectivity index (χ4n) is 0.988. The SMILES string of the molecule is CC.COc1nccc(NS(C)=O)c1C. The number of pyridine rings is 1. The number of nitrogens with zero attached hydrogens (tertiary/aromatic N) is 1. The summed E-state index contributed by atoms with van der Waals surface area (Å²) in [6.07, 6.45) is 3.19. The molecule has 0 aromatic carbocycles. The fourth-order valence-corrected chi connectivity index (χ4v) is 1.52. The highest BCUT2D eigenvalue weighted by molar-refractivity contribution is 7.85. The fraction of sp³-hybridized carbons (Fsp3) is 0.500. The lowest BCUT2D eigenvalue weighted by molar-refractivity contribution is 0.395. The average molecular weight is 230 g/mol. The highest BCUT2D eigenvalue weighted by atomic mass is 32.2. The van der Waals surface area contributed by atoms with Crippen LogP contribution in [-0.4, -0.2) is 22.6 Å². The number of hydrogen-bond donors (Lipinski definition) is 1. The zero-order valence-electron chi connectivity index (χ0n) is 9.83. The van der Waals surface area contributed by atoms with Crippen LogP contribution in [0.2, 0.25) is 0 Å². The van der Waals surface area contributed by atoms with E-state index in [9.17, 15) is 4.21 Å². The molecule has 0 spiro atoms. The Balaban J connectivity index is 0.000000921. The maximum Gasteiger partial charge on any atom is 0.218 e. The molecule has 0 fully saturated rings. The van der Waals surface area contributed by atoms with Crippen molar-refractivity contribution < 1.29 is 8.95 Å². The van der Waals surface area contributed by atoms with Crippen molar-refractivity contribution in [3.8, 4) is 5.88 Å². The summed E-state index contributed by atoms with van der Waals surface area (Å²) in [6.45, 7) is 5.86. The second-order valence-corrected chi connectivity index (χ2v) is 3.66. The Hall–Kier alpha value is -1.10. The molecule has 1 aromatic heterocycles. The van der Waals surface area contributed by atoms with Gasteiger partial charge in [0, 0.05) is 18.0 Å². The van der Waals surface area contributed by atoms with Crippen LogP contribution in [0, 0.1) is 6.92 Å². The van der Waals surface area contributed by atoms with Crippen LogP contribution in [0.25, 0.3) is 0 Å². The van der Waals surface area contributed by atoms with Crippen molar-refractivity contribution in [3.05, 3.63) is 17.8 Å². The molecule has 5 heteroatoms. The first kappa shape index (κ1) is 13.9. The molecule has 0 aliphatic carbocycles. The van der Waals surface area contributed by atoms with E-state index in [1.165, 1.54) is 0 Å². The Morgan fingerprint density at radius 2 is 2.07 bits per heavy atom. The summed E-state index contributed by atoms with van der Waals surface area (Å²) in [4.78, 5) is 4.00. The van der Waals surface area contributed by atoms with Gasteiger partial charge in [-0.1, -0.05) is 13.8 Å². The van der Waals surface area contributed by atoms with E-state index in [4.69, 9.17) is 4.74 Å². The third-order valence-electron chi connectivity index (χ3n) is 1.60. The molecule has 15 heavy (non-hydrogen) atoms. The first-order chi connectivity index (χ1) is 7.15. The van der Waals surface area contributed by atoms with Crippen LogP contribution in [0.1, 0.15) is 19.4 Å². The predicted octanol–water partition coefficient (Wildman–Crippen LogP) is 2.13. The molecule has 1 rings (SSSR count). The van der Waals surface area contributed by atoms with Crippen LogP contribution in [0.4, 0.5) is 5.69 Å². The summed E-state index contributed by atoms with van der Waals surface area (Å²) in [5.74, 6) is 0.551. The van der Waals surface area contributed by atoms with Gasteiger partial charge in [0.1, 0.15) is 11.0 Å². The molecule has 0 radical (unpaired) electrons. The summed E-state index contributed by atoms with van der Waals surface area (Å²) in [5.41, 5.74) is 1.65. The molecule has 1 heterocycles. The van der Waals surface area contributed by atoms with Crippen molar-refractivity contribution in [3.63, 3.8) is 0 Å². The summed E-state index contributed by atoms with van der Waals surface area (Å²) < 4.78 is 18.7. The Morgan fingerprint density at radius 3 is 2.53 bits per heavy atom. The predicted molar refractivity (Wildman–Crippen MR) is 64.6 cm³/mol. The molecule has 0 bridgehead atoms. The molecular formula is C10H18N2O2S. The Kier molecular flexibility index (Phi) is 6.70. The molecular weight excluding hydrogens is 212 g/mol. The van der Waals surface area contributed by atoms with Crippen LogP contribution in [0.15, 0.2) is 12.3 Å². The van der Waals surface area contributed by atoms with Gasteiger partial charge in [0.15, 0.2) is 0 Å². The normalized spacial score (nSPS) is 11.0. The van der Waals surface area contributed by atoms with Gasteiger partial charge in [-0.3, -0.25) is 0 Å². The summed E-state index contributed by atoms with van der Waals surface area (Å²) in [7, 11) is 0.487. The lowest BCUT2D eigenvalue weighted by Crippen LogP contribution is -2.04. The van der Waals surface area contributed by atoms with E-state index in [0.717, 1.165) is 11.3 Å². The van der Waals surface area contributed by atoms with Gasteiger partial charge in [0.2, 0.25) is 5.88 Å². The molecule has 0 aliphatic heterocycles. The van der Waals surface area contributed by atoms with Gasteiger partial charge < -0.3 is 9.46 Å². The highest BCUT2D eigenvalue weighted by Gasteiger charge is 2.05. The summed E-state index contributed by atoms with van der Waals surface area (Å²) >= 11 is 0. The molecule has 0 saturated heterocycles. The lowest BCUT2D eigenvalue weighted by Gasteiger charge is -2.08. The van der Waals surface area contributed by atoms with Gasteiger partial charge in [-0.25, -0.2) is 9.19 Å². The molecule has 1 atom stereocenters. The number of hydrogen-bond acceptors (Lipinski definition) is 3. The monoisotopic (exact) mass is 230 g/mol. The third-order valence-corrected chi connectivity index (χ3v) is 2.11. The number of rotatable bonds is 3. The first-order valence-electron chi connectivity index (χ1n) is 4.75. The van der Waals surface area contributed by atoms with Crippen LogP contribution >= 0.6 is 0 Å². The van der Waals surface area contributed by atoms with Gasteiger partial charge in [0.05, 0.1) is 12.8 Å². The number of anilines is 1. The van der Waals surface area contributed by atoms with Gasteiger partial charge >= 0.3 is 0 Å². The molecule has 0 amide bonds. The summed E-state index contributed by atoms with van der Waals surface area (Å²) in [6, 6.07) is 1.76. The zero-order chi connectivity index (χ0) is 11.8. The second kappa shape index (κ2) is 7.23. The lowest BCUT2D eigenvalue weighted by atomic mass is 10.2. The van der Waals surface area contributed by atoms with Crippen LogP contribution < -0.4 is 9.46 Å². The van der Waals surface area contributed by atoms with Crippen molar-refractivity contribution >= 4 is 16.7 Å². The highest BCUT2D eigenvalue weighted by Crippen LogP contribution is 2.22. The largest absolute Gasteiger partial charge is 0.481 e. The van der Waals surface area contributed by atoms with Crippen LogP contribution in [0.3, 0.4) is 0 Å². The van der Waals surface area contributed by atoms with Gasteiger partial charge in [-0.05, 0) is 13.0 Å². The average Bonchev–Trinajstić information content (AvgIpc) is 2.23. The smallest absolute Gasteiger partial charge is 0.218 e. The molecule has 1 N–H and O–H groups in total. The molecule has 0 saturated carbocycles. The van der Waals surface area contributed by atoms with Crippen LogP contribution in [0.5, 0.6) is 5.88 Å². The van der Waals surface area contributed by atoms with Crippen molar-refractivity contribution in [2.24, 2.45) is 0 Å². The van der Waals surface area contributed by atoms with E-state index in [2.05, 4.69) is 9.71 Å². The standard InChI is InChI=1S/C8H12N2O2S.C2H6/c1-6-7(10-13(3)11)4-5-9-8(6)12-2;1-2/h4-5H,1-3H3,(H,9,10);1-2H3. The molecule has 86 valence electrons. The number of nitrogens with one attached hydrogen (secondary N) is 1. The topological polar surface area (TPSA) is 51.2 Å². The molecule has 0 aliphatic rings. The van der Waals surface area contributed by atoms with Crippen molar-refractivity contribution in [2.75, 3.05) is 18.1 Å². The van der Waals surface area contributed by atoms with E-state index in [1.807, 2.05) is 20.8 Å². The maximum atomic E-state index is 10.9. The number of methoxy groups -OCH3 is 1. The number of ether oxygens (including phenoxy) is 1. The molecule has 1 unspecified atom stereocenters. The summed E-state index contributed by atoms with van der Waals surface area (Å²) in [5, 5.41) is 0. The van der Waals surface area contributed by atoms with Gasteiger partial charge in [-0.15, -0.1) is 0 Å². The Bertz CT molecular complexity index is 329. The van der Waals surface area contributed by atoms with Gasteiger partial charge in [-0.2, -0.15) is 0 Å². The van der Waals surface area contributed by atoms with Gasteiger partial charge in [0.25, 0.3) is 0 Å². The minimum atomic E-state index is -1.07. The van der Waals surface area contributed by atoms with E-state index in [1.54, 1.807) is 25.6 Å². The minimum absolute atomic E-state index is 0.551. The van der Waals surface area contributed by atoms with Crippen molar-refractivity contribution in [2.45, 2.75) is 20.8 Å². The molecule has 4 nitrogen and oxygen atoms in total. The number of aromatic nitrogens is 1. The first-order valence-corrected chi connectivity index (χ1v) is 6.30. The third kappa shape index (κ3) is 4.29.